The Morgan fingerprint density at radius 1 is 0.744 bits per heavy atom. The standard InChI is InChI=1S/C26H48N4O13/c1-13(33)29-14(26(41)28-10-19(27)34)4-2-3-7-30(8-5-15-20(35)24(39)22(37)17(11-31)42-15)9-6-16-21(36)25(40)23(38)18(12-32)43-16/h14-18,20-25,31-32,35-40H,2-12H2,1H3,(H2,27,34)(H,28,41)(H,29,33)/t14-,15?,16?,17?,18?,20?,21?,22?,23?,24?,25?/m0/s1. The zero-order valence-electron chi connectivity index (χ0n) is 24.3. The van der Waals surface area contributed by atoms with Crippen molar-refractivity contribution in [2.45, 2.75) is 106 Å². The first-order valence-corrected chi connectivity index (χ1v) is 14.5. The molecular weight excluding hydrogens is 576 g/mol. The minimum atomic E-state index is -1.52. The van der Waals surface area contributed by atoms with Gasteiger partial charge in [0.05, 0.1) is 32.0 Å². The van der Waals surface area contributed by atoms with Gasteiger partial charge >= 0.3 is 0 Å². The molecule has 250 valence electrons. The van der Waals surface area contributed by atoms with Crippen LogP contribution in [0.1, 0.15) is 39.0 Å². The minimum Gasteiger partial charge on any atom is -0.394 e. The maximum Gasteiger partial charge on any atom is 0.243 e. The summed E-state index contributed by atoms with van der Waals surface area (Å²) in [4.78, 5) is 36.9. The van der Waals surface area contributed by atoms with Crippen LogP contribution in [0, 0.1) is 0 Å². The molecule has 0 aromatic rings. The summed E-state index contributed by atoms with van der Waals surface area (Å²) in [6.07, 6.45) is -11.2. The first-order valence-electron chi connectivity index (χ1n) is 14.5. The Bertz CT molecular complexity index is 842. The molecule has 2 rings (SSSR count). The monoisotopic (exact) mass is 624 g/mol. The number of nitrogens with two attached hydrogens (primary N) is 1. The van der Waals surface area contributed by atoms with E-state index in [1.807, 2.05) is 4.90 Å². The normalized spacial score (nSPS) is 33.6. The molecule has 12 N–H and O–H groups in total. The Hall–Kier alpha value is -2.03. The maximum atomic E-state index is 12.4. The van der Waals surface area contributed by atoms with Crippen molar-refractivity contribution in [1.82, 2.24) is 15.5 Å². The predicted molar refractivity (Wildman–Crippen MR) is 147 cm³/mol. The molecule has 0 aromatic carbocycles. The minimum absolute atomic E-state index is 0.181. The lowest BCUT2D eigenvalue weighted by Crippen LogP contribution is -2.59. The van der Waals surface area contributed by atoms with Crippen LogP contribution in [-0.2, 0) is 23.9 Å². The van der Waals surface area contributed by atoms with Gasteiger partial charge in [-0.15, -0.1) is 0 Å². The number of carbonyl (C=O) groups is 3. The highest BCUT2D eigenvalue weighted by atomic mass is 16.6. The van der Waals surface area contributed by atoms with E-state index < -0.39 is 98.0 Å². The second kappa shape index (κ2) is 18.1. The molecular formula is C26H48N4O13. The zero-order chi connectivity index (χ0) is 32.3. The largest absolute Gasteiger partial charge is 0.394 e. The molecule has 11 atom stereocenters. The lowest BCUT2D eigenvalue weighted by Gasteiger charge is -2.41. The number of hydrogen-bond donors (Lipinski definition) is 11. The lowest BCUT2D eigenvalue weighted by atomic mass is 9.93. The average Bonchev–Trinajstić information content (AvgIpc) is 2.97. The van der Waals surface area contributed by atoms with Gasteiger partial charge in [0.25, 0.3) is 0 Å². The van der Waals surface area contributed by atoms with Gasteiger partial charge in [0.15, 0.2) is 0 Å². The summed E-state index contributed by atoms with van der Waals surface area (Å²) in [7, 11) is 0. The van der Waals surface area contributed by atoms with E-state index in [1.54, 1.807) is 0 Å². The highest BCUT2D eigenvalue weighted by Crippen LogP contribution is 2.25. The third-order valence-corrected chi connectivity index (χ3v) is 7.79. The van der Waals surface area contributed by atoms with Gasteiger partial charge in [0.2, 0.25) is 17.7 Å². The topological polar surface area (TPSA) is 285 Å². The van der Waals surface area contributed by atoms with Crippen LogP contribution in [0.4, 0.5) is 0 Å². The van der Waals surface area contributed by atoms with Gasteiger partial charge < -0.3 is 71.6 Å². The van der Waals surface area contributed by atoms with Crippen molar-refractivity contribution in [3.63, 3.8) is 0 Å². The van der Waals surface area contributed by atoms with Crippen molar-refractivity contribution < 1.29 is 64.7 Å². The van der Waals surface area contributed by atoms with Crippen LogP contribution >= 0.6 is 0 Å². The maximum absolute atomic E-state index is 12.4. The number of primary amides is 1. The Morgan fingerprint density at radius 2 is 1.21 bits per heavy atom. The van der Waals surface area contributed by atoms with Crippen LogP contribution < -0.4 is 16.4 Å². The number of aliphatic hydroxyl groups excluding tert-OH is 8. The van der Waals surface area contributed by atoms with E-state index in [1.165, 1.54) is 6.92 Å². The molecule has 0 radical (unpaired) electrons. The molecule has 2 saturated heterocycles. The molecule has 0 bridgehead atoms. The zero-order valence-corrected chi connectivity index (χ0v) is 24.3. The number of amides is 3. The summed E-state index contributed by atoms with van der Waals surface area (Å²) >= 11 is 0. The summed E-state index contributed by atoms with van der Waals surface area (Å²) in [5.74, 6) is -1.72. The van der Waals surface area contributed by atoms with Crippen LogP contribution in [0.25, 0.3) is 0 Å². The fraction of sp³-hybridized carbons (Fsp3) is 0.885. The molecule has 0 spiro atoms. The van der Waals surface area contributed by atoms with E-state index in [9.17, 15) is 55.2 Å². The second-order valence-electron chi connectivity index (χ2n) is 11.1. The highest BCUT2D eigenvalue weighted by Gasteiger charge is 2.44. The van der Waals surface area contributed by atoms with E-state index in [2.05, 4.69) is 10.6 Å². The number of carbonyl (C=O) groups excluding carboxylic acids is 3. The SMILES string of the molecule is CC(=O)N[C@@H](CCCCN(CCC1OC(CO)C(O)C(O)C1O)CCC1OC(CO)C(O)C(O)C1O)C(=O)NCC(N)=O. The van der Waals surface area contributed by atoms with Crippen molar-refractivity contribution in [3.05, 3.63) is 0 Å². The number of hydrogen-bond acceptors (Lipinski definition) is 14. The quantitative estimate of drug-likeness (QED) is 0.0672. The van der Waals surface area contributed by atoms with Gasteiger partial charge in [0, 0.05) is 20.0 Å². The fourth-order valence-corrected chi connectivity index (χ4v) is 5.28. The van der Waals surface area contributed by atoms with Gasteiger partial charge in [-0.1, -0.05) is 0 Å². The third kappa shape index (κ3) is 11.1. The van der Waals surface area contributed by atoms with E-state index in [0.29, 0.717) is 19.4 Å². The number of ether oxygens (including phenoxy) is 2. The molecule has 43 heavy (non-hydrogen) atoms. The molecule has 17 heteroatoms. The summed E-state index contributed by atoms with van der Waals surface area (Å²) in [6, 6.07) is -0.895. The van der Waals surface area contributed by atoms with E-state index in [4.69, 9.17) is 15.2 Å². The molecule has 17 nitrogen and oxygen atoms in total. The Labute approximate surface area is 249 Å². The smallest absolute Gasteiger partial charge is 0.243 e. The summed E-state index contributed by atoms with van der Waals surface area (Å²) in [5.41, 5.74) is 5.07. The van der Waals surface area contributed by atoms with Crippen molar-refractivity contribution in [1.29, 1.82) is 0 Å². The molecule has 3 amide bonds. The number of nitrogens with zero attached hydrogens (tertiary/aromatic N) is 1. The van der Waals surface area contributed by atoms with Crippen molar-refractivity contribution in [2.24, 2.45) is 5.73 Å². The van der Waals surface area contributed by atoms with Crippen LogP contribution in [0.3, 0.4) is 0 Å². The molecule has 2 aliphatic heterocycles. The average molecular weight is 625 g/mol. The summed E-state index contributed by atoms with van der Waals surface area (Å²) in [6.45, 7) is 0.746. The van der Waals surface area contributed by atoms with Crippen LogP contribution in [0.5, 0.6) is 0 Å². The van der Waals surface area contributed by atoms with Crippen molar-refractivity contribution in [3.8, 4) is 0 Å². The fourth-order valence-electron chi connectivity index (χ4n) is 5.28. The number of nitrogens with one attached hydrogen (secondary N) is 2. The van der Waals surface area contributed by atoms with E-state index in [-0.39, 0.29) is 38.9 Å². The van der Waals surface area contributed by atoms with Gasteiger partial charge in [-0.3, -0.25) is 14.4 Å². The molecule has 2 aliphatic rings. The Morgan fingerprint density at radius 3 is 1.63 bits per heavy atom. The number of rotatable bonds is 17. The van der Waals surface area contributed by atoms with Crippen LogP contribution in [0.15, 0.2) is 0 Å². The predicted octanol–water partition coefficient (Wildman–Crippen LogP) is -5.97. The van der Waals surface area contributed by atoms with Gasteiger partial charge in [0.1, 0.15) is 54.9 Å². The molecule has 0 aromatic heterocycles. The molecule has 0 aliphatic carbocycles. The molecule has 0 saturated carbocycles. The molecule has 10 unspecified atom stereocenters. The Kier molecular flexibility index (Phi) is 15.6. The van der Waals surface area contributed by atoms with Crippen LogP contribution in [0.2, 0.25) is 0 Å². The first kappa shape index (κ1) is 37.2. The second-order valence-corrected chi connectivity index (χ2v) is 11.1. The number of unbranched alkanes of at least 4 members (excludes halogenated alkanes) is 1. The third-order valence-electron chi connectivity index (χ3n) is 7.79. The first-order chi connectivity index (χ1) is 20.3. The molecule has 2 fully saturated rings. The van der Waals surface area contributed by atoms with E-state index >= 15 is 0 Å². The van der Waals surface area contributed by atoms with E-state index in [0.717, 1.165) is 0 Å². The van der Waals surface area contributed by atoms with Gasteiger partial charge in [-0.05, 0) is 38.6 Å². The van der Waals surface area contributed by atoms with Crippen molar-refractivity contribution >= 4 is 17.7 Å². The van der Waals surface area contributed by atoms with Crippen molar-refractivity contribution in [2.75, 3.05) is 39.4 Å². The van der Waals surface area contributed by atoms with Gasteiger partial charge in [-0.25, -0.2) is 0 Å². The summed E-state index contributed by atoms with van der Waals surface area (Å²) < 4.78 is 11.2. The van der Waals surface area contributed by atoms with Crippen LogP contribution in [-0.4, -0.2) is 170 Å². The Balaban J connectivity index is 2.03. The van der Waals surface area contributed by atoms with Gasteiger partial charge in [-0.2, -0.15) is 0 Å². The highest BCUT2D eigenvalue weighted by molar-refractivity contribution is 5.89. The number of aliphatic hydroxyl groups is 8. The molecule has 2 heterocycles. The summed E-state index contributed by atoms with van der Waals surface area (Å²) in [5, 5.41) is 85.1. The lowest BCUT2D eigenvalue weighted by molar-refractivity contribution is -0.232.